The average molecular weight is 401 g/mol. The largest absolute Gasteiger partial charge is 0.497 e. The van der Waals surface area contributed by atoms with Crippen LogP contribution in [0.15, 0.2) is 78.9 Å². The molecule has 30 heavy (non-hydrogen) atoms. The van der Waals surface area contributed by atoms with Gasteiger partial charge in [0.2, 0.25) is 0 Å². The molecule has 0 atom stereocenters. The van der Waals surface area contributed by atoms with Crippen LogP contribution in [0.4, 0.5) is 0 Å². The van der Waals surface area contributed by atoms with Crippen molar-refractivity contribution in [1.82, 2.24) is 9.80 Å². The number of piperidine rings is 1. The Morgan fingerprint density at radius 2 is 1.47 bits per heavy atom. The SMILES string of the molecule is COc1cccc(-c2ccc(CN(Cc3ccccc3)C3CCN(C)CC3)cc2)c1. The molecule has 0 aromatic heterocycles. The zero-order chi connectivity index (χ0) is 20.8. The van der Waals surface area contributed by atoms with E-state index in [2.05, 4.69) is 83.6 Å². The minimum absolute atomic E-state index is 0.638. The van der Waals surface area contributed by atoms with Crippen molar-refractivity contribution >= 4 is 0 Å². The predicted molar refractivity (Wildman–Crippen MR) is 125 cm³/mol. The summed E-state index contributed by atoms with van der Waals surface area (Å²) >= 11 is 0. The van der Waals surface area contributed by atoms with E-state index in [-0.39, 0.29) is 0 Å². The van der Waals surface area contributed by atoms with E-state index in [4.69, 9.17) is 4.74 Å². The van der Waals surface area contributed by atoms with Gasteiger partial charge in [0.05, 0.1) is 7.11 Å². The molecule has 4 rings (SSSR count). The third-order valence-corrected chi connectivity index (χ3v) is 6.18. The summed E-state index contributed by atoms with van der Waals surface area (Å²) < 4.78 is 5.37. The number of nitrogens with zero attached hydrogens (tertiary/aromatic N) is 2. The molecule has 3 aromatic carbocycles. The molecule has 0 saturated carbocycles. The summed E-state index contributed by atoms with van der Waals surface area (Å²) in [5.41, 5.74) is 5.19. The summed E-state index contributed by atoms with van der Waals surface area (Å²) in [6.07, 6.45) is 2.48. The van der Waals surface area contributed by atoms with E-state index in [0.29, 0.717) is 6.04 Å². The van der Waals surface area contributed by atoms with E-state index >= 15 is 0 Å². The Labute approximate surface area is 180 Å². The Bertz CT molecular complexity index is 915. The maximum absolute atomic E-state index is 5.37. The zero-order valence-electron chi connectivity index (χ0n) is 18.1. The number of hydrogen-bond donors (Lipinski definition) is 0. The average Bonchev–Trinajstić information content (AvgIpc) is 2.80. The van der Waals surface area contributed by atoms with Crippen LogP contribution in [-0.2, 0) is 13.1 Å². The fraction of sp³-hybridized carbons (Fsp3) is 0.333. The quantitative estimate of drug-likeness (QED) is 0.524. The lowest BCUT2D eigenvalue weighted by molar-refractivity contribution is 0.108. The fourth-order valence-corrected chi connectivity index (χ4v) is 4.33. The molecule has 1 aliphatic rings. The van der Waals surface area contributed by atoms with Gasteiger partial charge in [0.1, 0.15) is 5.75 Å². The Kier molecular flexibility index (Phi) is 6.83. The third-order valence-electron chi connectivity index (χ3n) is 6.18. The van der Waals surface area contributed by atoms with Crippen LogP contribution < -0.4 is 4.74 Å². The smallest absolute Gasteiger partial charge is 0.119 e. The van der Waals surface area contributed by atoms with Gasteiger partial charge in [-0.2, -0.15) is 0 Å². The summed E-state index contributed by atoms with van der Waals surface area (Å²) in [5.74, 6) is 0.896. The van der Waals surface area contributed by atoms with Crippen LogP contribution >= 0.6 is 0 Å². The molecule has 0 spiro atoms. The van der Waals surface area contributed by atoms with Crippen LogP contribution in [0.25, 0.3) is 11.1 Å². The highest BCUT2D eigenvalue weighted by molar-refractivity contribution is 5.65. The third kappa shape index (κ3) is 5.29. The molecule has 1 aliphatic heterocycles. The molecule has 0 bridgehead atoms. The minimum atomic E-state index is 0.638. The molecule has 1 fully saturated rings. The lowest BCUT2D eigenvalue weighted by atomic mass is 10.00. The first-order valence-corrected chi connectivity index (χ1v) is 10.9. The highest BCUT2D eigenvalue weighted by Crippen LogP contribution is 2.26. The molecule has 0 aliphatic carbocycles. The molecule has 0 amide bonds. The number of likely N-dealkylation sites (tertiary alicyclic amines) is 1. The maximum Gasteiger partial charge on any atom is 0.119 e. The normalized spacial score (nSPS) is 15.4. The predicted octanol–water partition coefficient (Wildman–Crippen LogP) is 5.46. The van der Waals surface area contributed by atoms with Crippen molar-refractivity contribution in [3.8, 4) is 16.9 Å². The number of rotatable bonds is 7. The molecule has 3 nitrogen and oxygen atoms in total. The number of ether oxygens (including phenoxy) is 1. The van der Waals surface area contributed by atoms with E-state index in [1.165, 1.54) is 48.2 Å². The molecule has 0 N–H and O–H groups in total. The van der Waals surface area contributed by atoms with Gasteiger partial charge in [-0.15, -0.1) is 0 Å². The van der Waals surface area contributed by atoms with Crippen molar-refractivity contribution in [2.24, 2.45) is 0 Å². The monoisotopic (exact) mass is 400 g/mol. The Hall–Kier alpha value is -2.62. The summed E-state index contributed by atoms with van der Waals surface area (Å²) in [6, 6.07) is 28.8. The Balaban J connectivity index is 1.50. The second kappa shape index (κ2) is 9.92. The highest BCUT2D eigenvalue weighted by atomic mass is 16.5. The molecule has 156 valence electrons. The topological polar surface area (TPSA) is 15.7 Å². The minimum Gasteiger partial charge on any atom is -0.497 e. The van der Waals surface area contributed by atoms with Crippen LogP contribution in [-0.4, -0.2) is 43.1 Å². The molecule has 0 radical (unpaired) electrons. The van der Waals surface area contributed by atoms with E-state index in [1.54, 1.807) is 7.11 Å². The van der Waals surface area contributed by atoms with Gasteiger partial charge in [-0.1, -0.05) is 66.7 Å². The van der Waals surface area contributed by atoms with Crippen LogP contribution in [0.3, 0.4) is 0 Å². The van der Waals surface area contributed by atoms with Gasteiger partial charge < -0.3 is 9.64 Å². The van der Waals surface area contributed by atoms with Crippen LogP contribution in [0, 0.1) is 0 Å². The van der Waals surface area contributed by atoms with Gasteiger partial charge in [0.25, 0.3) is 0 Å². The second-order valence-corrected chi connectivity index (χ2v) is 8.35. The van der Waals surface area contributed by atoms with Gasteiger partial charge in [0.15, 0.2) is 0 Å². The summed E-state index contributed by atoms with van der Waals surface area (Å²) in [5, 5.41) is 0. The van der Waals surface area contributed by atoms with Crippen molar-refractivity contribution in [2.75, 3.05) is 27.2 Å². The van der Waals surface area contributed by atoms with E-state index in [0.717, 1.165) is 18.8 Å². The van der Waals surface area contributed by atoms with E-state index in [1.807, 2.05) is 12.1 Å². The van der Waals surface area contributed by atoms with Gasteiger partial charge in [0, 0.05) is 19.1 Å². The number of hydrogen-bond acceptors (Lipinski definition) is 3. The second-order valence-electron chi connectivity index (χ2n) is 8.35. The van der Waals surface area contributed by atoms with Crippen molar-refractivity contribution in [3.05, 3.63) is 90.0 Å². The maximum atomic E-state index is 5.37. The summed E-state index contributed by atoms with van der Waals surface area (Å²) in [6.45, 7) is 4.37. The summed E-state index contributed by atoms with van der Waals surface area (Å²) in [7, 11) is 3.95. The van der Waals surface area contributed by atoms with E-state index in [9.17, 15) is 0 Å². The van der Waals surface area contributed by atoms with Crippen molar-refractivity contribution in [3.63, 3.8) is 0 Å². The first-order valence-electron chi connectivity index (χ1n) is 10.9. The molecule has 3 aromatic rings. The van der Waals surface area contributed by atoms with Crippen molar-refractivity contribution < 1.29 is 4.74 Å². The molecular weight excluding hydrogens is 368 g/mol. The van der Waals surface area contributed by atoms with Crippen LogP contribution in [0.1, 0.15) is 24.0 Å². The first-order chi connectivity index (χ1) is 14.7. The fourth-order valence-electron chi connectivity index (χ4n) is 4.33. The molecular formula is C27H32N2O. The standard InChI is InChI=1S/C27H32N2O/c1-28-17-15-26(16-18-28)29(20-22-7-4-3-5-8-22)21-23-11-13-24(14-12-23)25-9-6-10-27(19-25)30-2/h3-14,19,26H,15-18,20-21H2,1-2H3. The molecule has 1 saturated heterocycles. The van der Waals surface area contributed by atoms with Gasteiger partial charge in [-0.05, 0) is 67.4 Å². The molecule has 3 heteroatoms. The summed E-state index contributed by atoms with van der Waals surface area (Å²) in [4.78, 5) is 5.11. The van der Waals surface area contributed by atoms with E-state index < -0.39 is 0 Å². The van der Waals surface area contributed by atoms with Crippen LogP contribution in [0.2, 0.25) is 0 Å². The molecule has 0 unspecified atom stereocenters. The number of benzene rings is 3. The van der Waals surface area contributed by atoms with Gasteiger partial charge >= 0.3 is 0 Å². The zero-order valence-corrected chi connectivity index (χ0v) is 18.1. The lowest BCUT2D eigenvalue weighted by Crippen LogP contribution is -2.43. The van der Waals surface area contributed by atoms with Crippen molar-refractivity contribution in [2.45, 2.75) is 32.0 Å². The number of methoxy groups -OCH3 is 1. The Morgan fingerprint density at radius 3 is 2.13 bits per heavy atom. The van der Waals surface area contributed by atoms with Gasteiger partial charge in [-0.3, -0.25) is 4.90 Å². The first kappa shape index (κ1) is 20.6. The lowest BCUT2D eigenvalue weighted by Gasteiger charge is -2.37. The van der Waals surface area contributed by atoms with Gasteiger partial charge in [-0.25, -0.2) is 0 Å². The van der Waals surface area contributed by atoms with Crippen molar-refractivity contribution in [1.29, 1.82) is 0 Å². The highest BCUT2D eigenvalue weighted by Gasteiger charge is 2.23. The Morgan fingerprint density at radius 1 is 0.800 bits per heavy atom. The van der Waals surface area contributed by atoms with Crippen LogP contribution in [0.5, 0.6) is 5.75 Å². The molecule has 1 heterocycles.